The number of carboxylic acid groups (broad SMARTS) is 1. The highest BCUT2D eigenvalue weighted by atomic mass is 35.5. The van der Waals surface area contributed by atoms with E-state index < -0.39 is 5.97 Å². The molecule has 2 aromatic heterocycles. The third kappa shape index (κ3) is 1.77. The quantitative estimate of drug-likeness (QED) is 0.907. The second-order valence-corrected chi connectivity index (χ2v) is 4.88. The Morgan fingerprint density at radius 2 is 2.30 bits per heavy atom. The van der Waals surface area contributed by atoms with Gasteiger partial charge in [0.25, 0.3) is 0 Å². The molecule has 3 heterocycles. The van der Waals surface area contributed by atoms with Gasteiger partial charge in [0.2, 0.25) is 0 Å². The smallest absolute Gasteiger partial charge is 0.356 e. The van der Waals surface area contributed by atoms with Gasteiger partial charge >= 0.3 is 5.97 Å². The van der Waals surface area contributed by atoms with E-state index in [1.54, 1.807) is 10.8 Å². The number of aromatic nitrogens is 4. The van der Waals surface area contributed by atoms with Gasteiger partial charge in [-0.25, -0.2) is 9.48 Å². The Hall–Kier alpha value is -2.33. The van der Waals surface area contributed by atoms with Crippen molar-refractivity contribution >= 4 is 17.6 Å². The average molecular weight is 292 g/mol. The van der Waals surface area contributed by atoms with Crippen LogP contribution in [0.15, 0.2) is 6.20 Å². The molecule has 0 spiro atoms. The standard InChI is InChI=1S/C12H10ClN5O2/c13-9-8-3-1-2-4-17(8)16-11(9)18-10(12(19)20)7(5-14)6-15-18/h6H,1-4H2,(H,19,20). The SMILES string of the molecule is N#Cc1cnn(-c2nn3c(c2Cl)CCCC3)c1C(=O)O. The van der Waals surface area contributed by atoms with Crippen molar-refractivity contribution in [2.24, 2.45) is 0 Å². The lowest BCUT2D eigenvalue weighted by atomic mass is 10.1. The first-order chi connectivity index (χ1) is 9.63. The minimum atomic E-state index is -1.24. The van der Waals surface area contributed by atoms with Crippen LogP contribution in [0.1, 0.15) is 34.6 Å². The minimum Gasteiger partial charge on any atom is -0.476 e. The molecule has 0 amide bonds. The first-order valence-electron chi connectivity index (χ1n) is 6.10. The Morgan fingerprint density at radius 3 is 2.95 bits per heavy atom. The van der Waals surface area contributed by atoms with Crippen LogP contribution in [0.5, 0.6) is 0 Å². The molecule has 1 aliphatic heterocycles. The molecule has 0 radical (unpaired) electrons. The van der Waals surface area contributed by atoms with E-state index in [0.717, 1.165) is 36.2 Å². The fourth-order valence-corrected chi connectivity index (χ4v) is 2.68. The Bertz CT molecular complexity index is 740. The third-order valence-corrected chi connectivity index (χ3v) is 3.69. The fraction of sp³-hybridized carbons (Fsp3) is 0.333. The molecule has 2 aromatic rings. The number of aromatic carboxylic acids is 1. The molecule has 0 aliphatic carbocycles. The van der Waals surface area contributed by atoms with Gasteiger partial charge in [-0.2, -0.15) is 15.5 Å². The summed E-state index contributed by atoms with van der Waals surface area (Å²) in [4.78, 5) is 11.3. The molecule has 3 rings (SSSR count). The molecule has 0 fully saturated rings. The summed E-state index contributed by atoms with van der Waals surface area (Å²) < 4.78 is 2.90. The maximum atomic E-state index is 11.3. The summed E-state index contributed by atoms with van der Waals surface area (Å²) in [6, 6.07) is 1.81. The summed E-state index contributed by atoms with van der Waals surface area (Å²) in [7, 11) is 0. The maximum absolute atomic E-state index is 11.3. The van der Waals surface area contributed by atoms with E-state index >= 15 is 0 Å². The van der Waals surface area contributed by atoms with Gasteiger partial charge < -0.3 is 5.11 Å². The van der Waals surface area contributed by atoms with Crippen LogP contribution in [0.25, 0.3) is 5.82 Å². The molecule has 102 valence electrons. The fourth-order valence-electron chi connectivity index (χ4n) is 2.37. The Morgan fingerprint density at radius 1 is 1.50 bits per heavy atom. The van der Waals surface area contributed by atoms with Gasteiger partial charge in [0.1, 0.15) is 16.7 Å². The first kappa shape index (κ1) is 12.7. The number of fused-ring (bicyclic) bond motifs is 1. The van der Waals surface area contributed by atoms with Crippen molar-refractivity contribution in [3.05, 3.63) is 28.2 Å². The van der Waals surface area contributed by atoms with E-state index in [4.69, 9.17) is 16.9 Å². The molecule has 1 N–H and O–H groups in total. The Balaban J connectivity index is 2.20. The highest BCUT2D eigenvalue weighted by Gasteiger charge is 2.26. The monoisotopic (exact) mass is 291 g/mol. The summed E-state index contributed by atoms with van der Waals surface area (Å²) in [5.41, 5.74) is 0.655. The number of carbonyl (C=O) groups is 1. The van der Waals surface area contributed by atoms with Crippen LogP contribution in [0.4, 0.5) is 0 Å². The molecule has 0 saturated heterocycles. The molecule has 0 saturated carbocycles. The van der Waals surface area contributed by atoms with E-state index in [2.05, 4.69) is 10.2 Å². The van der Waals surface area contributed by atoms with Crippen LogP contribution in [-0.4, -0.2) is 30.6 Å². The highest BCUT2D eigenvalue weighted by Crippen LogP contribution is 2.29. The molecule has 0 bridgehead atoms. The molecule has 0 unspecified atom stereocenters. The predicted octanol–water partition coefficient (Wildman–Crippen LogP) is 1.63. The van der Waals surface area contributed by atoms with Gasteiger partial charge in [-0.3, -0.25) is 4.68 Å². The van der Waals surface area contributed by atoms with Gasteiger partial charge in [0.15, 0.2) is 11.5 Å². The van der Waals surface area contributed by atoms with Crippen molar-refractivity contribution in [3.63, 3.8) is 0 Å². The summed E-state index contributed by atoms with van der Waals surface area (Å²) >= 11 is 6.29. The summed E-state index contributed by atoms with van der Waals surface area (Å²) in [5, 5.41) is 26.8. The lowest BCUT2D eigenvalue weighted by molar-refractivity contribution is 0.0686. The van der Waals surface area contributed by atoms with Crippen LogP contribution < -0.4 is 0 Å². The Kier molecular flexibility index (Phi) is 2.95. The van der Waals surface area contributed by atoms with E-state index in [-0.39, 0.29) is 17.1 Å². The zero-order valence-corrected chi connectivity index (χ0v) is 11.1. The van der Waals surface area contributed by atoms with Crippen molar-refractivity contribution in [2.75, 3.05) is 0 Å². The molecule has 20 heavy (non-hydrogen) atoms. The molecule has 7 nitrogen and oxygen atoms in total. The minimum absolute atomic E-state index is 0.0143. The van der Waals surface area contributed by atoms with Crippen molar-refractivity contribution in [2.45, 2.75) is 25.8 Å². The lowest BCUT2D eigenvalue weighted by Gasteiger charge is -2.12. The van der Waals surface area contributed by atoms with Crippen molar-refractivity contribution in [1.82, 2.24) is 19.6 Å². The zero-order chi connectivity index (χ0) is 14.3. The Labute approximate surface area is 119 Å². The van der Waals surface area contributed by atoms with Crippen LogP contribution in [0, 0.1) is 11.3 Å². The first-order valence-corrected chi connectivity index (χ1v) is 6.48. The third-order valence-electron chi connectivity index (χ3n) is 3.30. The van der Waals surface area contributed by atoms with Crippen LogP contribution in [0.3, 0.4) is 0 Å². The lowest BCUT2D eigenvalue weighted by Crippen LogP contribution is -2.12. The van der Waals surface area contributed by atoms with Gasteiger partial charge in [0, 0.05) is 6.54 Å². The summed E-state index contributed by atoms with van der Waals surface area (Å²) in [6.45, 7) is 0.754. The van der Waals surface area contributed by atoms with Gasteiger partial charge in [0.05, 0.1) is 11.9 Å². The number of hydrogen-bond acceptors (Lipinski definition) is 4. The second kappa shape index (κ2) is 4.65. The van der Waals surface area contributed by atoms with E-state index in [9.17, 15) is 9.90 Å². The molecule has 1 aliphatic rings. The van der Waals surface area contributed by atoms with Crippen LogP contribution in [-0.2, 0) is 13.0 Å². The number of carboxylic acids is 1. The topological polar surface area (TPSA) is 96.7 Å². The molecular formula is C12H10ClN5O2. The largest absolute Gasteiger partial charge is 0.476 e. The number of hydrogen-bond donors (Lipinski definition) is 1. The van der Waals surface area contributed by atoms with Crippen LogP contribution in [0.2, 0.25) is 5.02 Å². The molecule has 0 atom stereocenters. The highest BCUT2D eigenvalue weighted by molar-refractivity contribution is 6.33. The van der Waals surface area contributed by atoms with Gasteiger partial charge in [-0.1, -0.05) is 11.6 Å². The van der Waals surface area contributed by atoms with E-state index in [1.165, 1.54) is 6.20 Å². The van der Waals surface area contributed by atoms with Crippen LogP contribution >= 0.6 is 11.6 Å². The molecular weight excluding hydrogens is 282 g/mol. The van der Waals surface area contributed by atoms with Crippen molar-refractivity contribution in [1.29, 1.82) is 5.26 Å². The predicted molar refractivity (Wildman–Crippen MR) is 69.0 cm³/mol. The second-order valence-electron chi connectivity index (χ2n) is 4.50. The van der Waals surface area contributed by atoms with Gasteiger partial charge in [-0.15, -0.1) is 0 Å². The zero-order valence-electron chi connectivity index (χ0n) is 10.4. The maximum Gasteiger partial charge on any atom is 0.356 e. The van der Waals surface area contributed by atoms with Crippen molar-refractivity contribution < 1.29 is 9.90 Å². The molecule has 8 heteroatoms. The average Bonchev–Trinajstić information content (AvgIpc) is 3.00. The summed E-state index contributed by atoms with van der Waals surface area (Å²) in [5.74, 6) is -0.969. The number of aryl methyl sites for hydroxylation is 1. The number of nitriles is 1. The van der Waals surface area contributed by atoms with E-state index in [1.807, 2.05) is 0 Å². The normalized spacial score (nSPS) is 13.8. The summed E-state index contributed by atoms with van der Waals surface area (Å²) in [6.07, 6.45) is 4.05. The number of nitrogens with zero attached hydrogens (tertiary/aromatic N) is 5. The molecule has 0 aromatic carbocycles. The number of rotatable bonds is 2. The van der Waals surface area contributed by atoms with Crippen molar-refractivity contribution in [3.8, 4) is 11.9 Å². The van der Waals surface area contributed by atoms with Gasteiger partial charge in [-0.05, 0) is 19.3 Å². The van der Waals surface area contributed by atoms with E-state index in [0.29, 0.717) is 5.02 Å². The number of halogens is 1.